The van der Waals surface area contributed by atoms with Crippen LogP contribution < -0.4 is 0 Å². The molecule has 1 saturated heterocycles. The van der Waals surface area contributed by atoms with Crippen LogP contribution in [0.1, 0.15) is 66.2 Å². The van der Waals surface area contributed by atoms with Gasteiger partial charge in [0.25, 0.3) is 0 Å². The summed E-state index contributed by atoms with van der Waals surface area (Å²) in [5.41, 5.74) is -0.483. The van der Waals surface area contributed by atoms with Gasteiger partial charge in [0.1, 0.15) is 11.4 Å². The number of amides is 1. The minimum atomic E-state index is -0.483. The summed E-state index contributed by atoms with van der Waals surface area (Å²) in [4.78, 5) is 26.6. The van der Waals surface area contributed by atoms with Gasteiger partial charge in [-0.3, -0.25) is 4.79 Å². The molecule has 0 spiro atoms. The second kappa shape index (κ2) is 6.37. The Labute approximate surface area is 128 Å². The SMILES string of the molecule is CC1CCC(=O)C(C2CCCCN2C(=O)OC(C)(C)C)C1. The van der Waals surface area contributed by atoms with E-state index in [9.17, 15) is 9.59 Å². The molecule has 3 atom stereocenters. The van der Waals surface area contributed by atoms with Crippen molar-refractivity contribution in [3.63, 3.8) is 0 Å². The molecule has 21 heavy (non-hydrogen) atoms. The lowest BCUT2D eigenvalue weighted by Gasteiger charge is -2.42. The van der Waals surface area contributed by atoms with E-state index in [1.807, 2.05) is 25.7 Å². The Morgan fingerprint density at radius 1 is 1.24 bits per heavy atom. The van der Waals surface area contributed by atoms with Crippen molar-refractivity contribution in [2.45, 2.75) is 77.9 Å². The highest BCUT2D eigenvalue weighted by Crippen LogP contribution is 2.34. The number of likely N-dealkylation sites (tertiary alicyclic amines) is 1. The van der Waals surface area contributed by atoms with E-state index < -0.39 is 5.60 Å². The lowest BCUT2D eigenvalue weighted by Crippen LogP contribution is -2.52. The van der Waals surface area contributed by atoms with Crippen LogP contribution in [0.5, 0.6) is 0 Å². The Hall–Kier alpha value is -1.06. The van der Waals surface area contributed by atoms with Crippen LogP contribution in [0.3, 0.4) is 0 Å². The minimum absolute atomic E-state index is 0.0153. The van der Waals surface area contributed by atoms with E-state index in [-0.39, 0.29) is 18.1 Å². The first-order valence-electron chi connectivity index (χ1n) is 8.30. The summed E-state index contributed by atoms with van der Waals surface area (Å²) < 4.78 is 5.54. The van der Waals surface area contributed by atoms with E-state index in [2.05, 4.69) is 6.92 Å². The monoisotopic (exact) mass is 295 g/mol. The maximum atomic E-state index is 12.4. The maximum absolute atomic E-state index is 12.4. The van der Waals surface area contributed by atoms with Crippen molar-refractivity contribution >= 4 is 11.9 Å². The highest BCUT2D eigenvalue weighted by atomic mass is 16.6. The van der Waals surface area contributed by atoms with Crippen LogP contribution in [0.15, 0.2) is 0 Å². The average Bonchev–Trinajstić information content (AvgIpc) is 2.39. The van der Waals surface area contributed by atoms with Gasteiger partial charge in [-0.15, -0.1) is 0 Å². The summed E-state index contributed by atoms with van der Waals surface area (Å²) >= 11 is 0. The topological polar surface area (TPSA) is 46.6 Å². The Morgan fingerprint density at radius 3 is 2.62 bits per heavy atom. The lowest BCUT2D eigenvalue weighted by atomic mass is 9.75. The van der Waals surface area contributed by atoms with Gasteiger partial charge in [0.05, 0.1) is 0 Å². The van der Waals surface area contributed by atoms with E-state index in [1.54, 1.807) is 0 Å². The molecular weight excluding hydrogens is 266 g/mol. The zero-order chi connectivity index (χ0) is 15.6. The van der Waals surface area contributed by atoms with Gasteiger partial charge in [0.15, 0.2) is 0 Å². The first kappa shape index (κ1) is 16.3. The number of carbonyl (C=O) groups is 2. The number of ketones is 1. The standard InChI is InChI=1S/C17H29NO3/c1-12-8-9-15(19)13(11-12)14-7-5-6-10-18(14)16(20)21-17(2,3)4/h12-14H,5-11H2,1-4H3. The summed E-state index contributed by atoms with van der Waals surface area (Å²) in [5.74, 6) is 0.935. The van der Waals surface area contributed by atoms with E-state index >= 15 is 0 Å². The smallest absolute Gasteiger partial charge is 0.410 e. The number of ether oxygens (including phenoxy) is 1. The summed E-state index contributed by atoms with van der Waals surface area (Å²) in [6, 6.07) is 0.0452. The second-order valence-corrected chi connectivity index (χ2v) is 7.69. The molecule has 4 heteroatoms. The molecule has 1 aliphatic carbocycles. The molecule has 1 amide bonds. The summed E-state index contributed by atoms with van der Waals surface area (Å²) in [7, 11) is 0. The van der Waals surface area contributed by atoms with Crippen LogP contribution >= 0.6 is 0 Å². The molecule has 0 aromatic carbocycles. The van der Waals surface area contributed by atoms with Crippen molar-refractivity contribution in [1.29, 1.82) is 0 Å². The number of carbonyl (C=O) groups excluding carboxylic acids is 2. The molecule has 0 radical (unpaired) electrons. The number of piperidine rings is 1. The third-order valence-electron chi connectivity index (χ3n) is 4.60. The Balaban J connectivity index is 2.11. The zero-order valence-corrected chi connectivity index (χ0v) is 13.9. The van der Waals surface area contributed by atoms with Crippen molar-refractivity contribution < 1.29 is 14.3 Å². The summed E-state index contributed by atoms with van der Waals surface area (Å²) in [6.45, 7) is 8.59. The molecular formula is C17H29NO3. The third kappa shape index (κ3) is 4.21. The Morgan fingerprint density at radius 2 is 1.95 bits per heavy atom. The number of hydrogen-bond donors (Lipinski definition) is 0. The molecule has 1 heterocycles. The molecule has 120 valence electrons. The van der Waals surface area contributed by atoms with Crippen LogP contribution in [-0.4, -0.2) is 35.0 Å². The fourth-order valence-electron chi connectivity index (χ4n) is 3.55. The predicted molar refractivity (Wildman–Crippen MR) is 82.1 cm³/mol. The molecule has 3 unspecified atom stereocenters. The third-order valence-corrected chi connectivity index (χ3v) is 4.60. The van der Waals surface area contributed by atoms with Crippen molar-refractivity contribution in [3.05, 3.63) is 0 Å². The van der Waals surface area contributed by atoms with Crippen LogP contribution in [0.2, 0.25) is 0 Å². The normalized spacial score (nSPS) is 31.1. The van der Waals surface area contributed by atoms with Crippen LogP contribution in [-0.2, 0) is 9.53 Å². The quantitative estimate of drug-likeness (QED) is 0.739. The molecule has 0 aromatic rings. The van der Waals surface area contributed by atoms with E-state index in [0.29, 0.717) is 18.1 Å². The van der Waals surface area contributed by atoms with Gasteiger partial charge in [0, 0.05) is 24.9 Å². The van der Waals surface area contributed by atoms with E-state index in [4.69, 9.17) is 4.74 Å². The van der Waals surface area contributed by atoms with Crippen molar-refractivity contribution in [3.8, 4) is 0 Å². The minimum Gasteiger partial charge on any atom is -0.444 e. The fraction of sp³-hybridized carbons (Fsp3) is 0.882. The van der Waals surface area contributed by atoms with Gasteiger partial charge < -0.3 is 9.64 Å². The van der Waals surface area contributed by atoms with Gasteiger partial charge in [0.2, 0.25) is 0 Å². The van der Waals surface area contributed by atoms with Crippen molar-refractivity contribution in [2.24, 2.45) is 11.8 Å². The van der Waals surface area contributed by atoms with Gasteiger partial charge in [-0.25, -0.2) is 4.79 Å². The molecule has 2 aliphatic rings. The molecule has 0 aromatic heterocycles. The molecule has 4 nitrogen and oxygen atoms in total. The van der Waals surface area contributed by atoms with Crippen LogP contribution in [0.4, 0.5) is 4.79 Å². The van der Waals surface area contributed by atoms with E-state index in [1.165, 1.54) is 0 Å². The highest BCUT2D eigenvalue weighted by Gasteiger charge is 2.40. The number of Topliss-reactive ketones (excluding diaryl/α,β-unsaturated/α-hetero) is 1. The molecule has 0 N–H and O–H groups in total. The van der Waals surface area contributed by atoms with E-state index in [0.717, 1.165) is 38.6 Å². The fourth-order valence-corrected chi connectivity index (χ4v) is 3.55. The molecule has 1 aliphatic heterocycles. The second-order valence-electron chi connectivity index (χ2n) is 7.69. The van der Waals surface area contributed by atoms with Crippen LogP contribution in [0, 0.1) is 11.8 Å². The van der Waals surface area contributed by atoms with Crippen molar-refractivity contribution in [2.75, 3.05) is 6.54 Å². The largest absolute Gasteiger partial charge is 0.444 e. The molecule has 2 fully saturated rings. The Bertz CT molecular complexity index is 399. The summed E-state index contributed by atoms with van der Waals surface area (Å²) in [5, 5.41) is 0. The summed E-state index contributed by atoms with van der Waals surface area (Å²) in [6.07, 6.45) is 5.37. The first-order valence-corrected chi connectivity index (χ1v) is 8.30. The molecule has 2 rings (SSSR count). The van der Waals surface area contributed by atoms with Crippen LogP contribution in [0.25, 0.3) is 0 Å². The zero-order valence-electron chi connectivity index (χ0n) is 13.9. The number of hydrogen-bond acceptors (Lipinski definition) is 3. The maximum Gasteiger partial charge on any atom is 0.410 e. The first-order chi connectivity index (χ1) is 9.78. The van der Waals surface area contributed by atoms with Gasteiger partial charge in [-0.05, 0) is 58.8 Å². The van der Waals surface area contributed by atoms with Gasteiger partial charge >= 0.3 is 6.09 Å². The lowest BCUT2D eigenvalue weighted by molar-refractivity contribution is -0.128. The predicted octanol–water partition coefficient (Wildman–Crippen LogP) is 3.78. The number of rotatable bonds is 1. The molecule has 1 saturated carbocycles. The Kier molecular flexibility index (Phi) is 4.95. The van der Waals surface area contributed by atoms with Gasteiger partial charge in [-0.1, -0.05) is 6.92 Å². The number of nitrogens with zero attached hydrogens (tertiary/aromatic N) is 1. The highest BCUT2D eigenvalue weighted by molar-refractivity contribution is 5.83. The van der Waals surface area contributed by atoms with Crippen molar-refractivity contribution in [1.82, 2.24) is 4.90 Å². The van der Waals surface area contributed by atoms with Gasteiger partial charge in [-0.2, -0.15) is 0 Å². The average molecular weight is 295 g/mol. The molecule has 0 bridgehead atoms.